The first-order valence-corrected chi connectivity index (χ1v) is 6.05. The lowest BCUT2D eigenvalue weighted by Gasteiger charge is -2.12. The highest BCUT2D eigenvalue weighted by molar-refractivity contribution is 5.94. The second kappa shape index (κ2) is 7.39. The van der Waals surface area contributed by atoms with E-state index in [0.717, 1.165) is 12.1 Å². The van der Waals surface area contributed by atoms with Crippen LogP contribution in [0.5, 0.6) is 0 Å². The van der Waals surface area contributed by atoms with Gasteiger partial charge >= 0.3 is 6.03 Å². The van der Waals surface area contributed by atoms with Gasteiger partial charge in [-0.3, -0.25) is 10.6 Å². The molecule has 1 aromatic rings. The molecule has 0 heterocycles. The fourth-order valence-electron chi connectivity index (χ4n) is 1.45. The molecule has 0 bridgehead atoms. The Balaban J connectivity index is 2.55. The van der Waals surface area contributed by atoms with E-state index in [4.69, 9.17) is 5.84 Å². The van der Waals surface area contributed by atoms with Gasteiger partial charge < -0.3 is 21.0 Å². The number of carbonyl (C=O) groups excluding carboxylic acids is 2. The molecule has 0 fully saturated rings. The smallest absolute Gasteiger partial charge is 0.316 e. The van der Waals surface area contributed by atoms with E-state index in [1.807, 2.05) is 5.43 Å². The topological polar surface area (TPSA) is 99.5 Å². The molecule has 3 amide bonds. The first-order valence-electron chi connectivity index (χ1n) is 6.05. The maximum atomic E-state index is 13.4. The number of anilines is 1. The molecule has 9 heteroatoms. The Kier molecular flexibility index (Phi) is 5.85. The highest BCUT2D eigenvalue weighted by atomic mass is 19.1. The van der Waals surface area contributed by atoms with Crippen molar-refractivity contribution in [2.45, 2.75) is 0 Å². The van der Waals surface area contributed by atoms with Crippen LogP contribution < -0.4 is 21.9 Å². The lowest BCUT2D eigenvalue weighted by atomic mass is 10.1. The largest absolute Gasteiger partial charge is 0.350 e. The van der Waals surface area contributed by atoms with E-state index in [9.17, 15) is 18.4 Å². The molecule has 0 spiro atoms. The number of nitrogens with two attached hydrogens (primary N) is 1. The summed E-state index contributed by atoms with van der Waals surface area (Å²) in [5.74, 6) is 2.36. The van der Waals surface area contributed by atoms with E-state index in [-0.39, 0.29) is 24.7 Å². The van der Waals surface area contributed by atoms with Gasteiger partial charge in [0.2, 0.25) is 0 Å². The van der Waals surface area contributed by atoms with Crippen molar-refractivity contribution < 1.29 is 18.4 Å². The van der Waals surface area contributed by atoms with Gasteiger partial charge in [0.1, 0.15) is 5.69 Å². The quantitative estimate of drug-likeness (QED) is 0.356. The maximum absolute atomic E-state index is 13.4. The van der Waals surface area contributed by atoms with E-state index in [1.54, 1.807) is 14.1 Å². The van der Waals surface area contributed by atoms with Gasteiger partial charge in [-0.25, -0.2) is 13.6 Å². The van der Waals surface area contributed by atoms with Crippen molar-refractivity contribution in [3.8, 4) is 0 Å². The van der Waals surface area contributed by atoms with Gasteiger partial charge in [0.15, 0.2) is 11.6 Å². The summed E-state index contributed by atoms with van der Waals surface area (Å²) in [5, 5.41) is 4.96. The molecule has 0 radical (unpaired) electrons. The number of benzene rings is 1. The zero-order chi connectivity index (χ0) is 16.0. The molecule has 1 rings (SSSR count). The first-order chi connectivity index (χ1) is 9.86. The third-order valence-corrected chi connectivity index (χ3v) is 2.54. The van der Waals surface area contributed by atoms with E-state index < -0.39 is 23.2 Å². The van der Waals surface area contributed by atoms with Crippen molar-refractivity contribution >= 4 is 17.6 Å². The lowest BCUT2D eigenvalue weighted by Crippen LogP contribution is -2.39. The third kappa shape index (κ3) is 4.56. The lowest BCUT2D eigenvalue weighted by molar-refractivity contribution is 0.0952. The van der Waals surface area contributed by atoms with Crippen molar-refractivity contribution in [2.75, 3.05) is 32.6 Å². The first kappa shape index (κ1) is 16.6. The van der Waals surface area contributed by atoms with Crippen LogP contribution in [0, 0.1) is 11.6 Å². The molecule has 116 valence electrons. The summed E-state index contributed by atoms with van der Waals surface area (Å²) in [7, 11) is 3.15. The molecule has 0 unspecified atom stereocenters. The Labute approximate surface area is 120 Å². The average Bonchev–Trinajstić information content (AvgIpc) is 2.42. The molecule has 0 saturated carbocycles. The molecule has 0 aliphatic rings. The Morgan fingerprint density at radius 1 is 1.14 bits per heavy atom. The number of amides is 3. The van der Waals surface area contributed by atoms with Crippen LogP contribution in [0.1, 0.15) is 10.4 Å². The number of rotatable bonds is 5. The van der Waals surface area contributed by atoms with Crippen LogP contribution in [0.2, 0.25) is 0 Å². The molecular formula is C12H17F2N5O2. The van der Waals surface area contributed by atoms with Gasteiger partial charge in [-0.05, 0) is 12.1 Å². The minimum Gasteiger partial charge on any atom is -0.350 e. The van der Waals surface area contributed by atoms with Crippen LogP contribution in [0.4, 0.5) is 19.3 Å². The molecule has 7 nitrogen and oxygen atoms in total. The number of nitrogens with zero attached hydrogens (tertiary/aromatic N) is 1. The highest BCUT2D eigenvalue weighted by Crippen LogP contribution is 2.19. The molecule has 0 saturated heterocycles. The Hall–Kier alpha value is -2.42. The molecule has 0 aliphatic carbocycles. The van der Waals surface area contributed by atoms with Crippen molar-refractivity contribution in [2.24, 2.45) is 5.84 Å². The van der Waals surface area contributed by atoms with Gasteiger partial charge in [-0.15, -0.1) is 0 Å². The van der Waals surface area contributed by atoms with Crippen molar-refractivity contribution in [3.05, 3.63) is 29.3 Å². The normalized spacial score (nSPS) is 9.95. The van der Waals surface area contributed by atoms with E-state index >= 15 is 0 Å². The predicted molar refractivity (Wildman–Crippen MR) is 73.6 cm³/mol. The summed E-state index contributed by atoms with van der Waals surface area (Å²) < 4.78 is 26.9. The van der Waals surface area contributed by atoms with Crippen LogP contribution in [0.15, 0.2) is 12.1 Å². The summed E-state index contributed by atoms with van der Waals surface area (Å²) in [6.45, 7) is 0.314. The van der Waals surface area contributed by atoms with Crippen molar-refractivity contribution in [1.82, 2.24) is 15.5 Å². The van der Waals surface area contributed by atoms with Crippen LogP contribution in [0.3, 0.4) is 0 Å². The summed E-state index contributed by atoms with van der Waals surface area (Å²) in [5.41, 5.74) is 1.18. The number of nitrogens with one attached hydrogen (secondary N) is 3. The van der Waals surface area contributed by atoms with E-state index in [1.165, 1.54) is 4.90 Å². The molecule has 0 aliphatic heterocycles. The number of hydrogen-bond donors (Lipinski definition) is 4. The van der Waals surface area contributed by atoms with Crippen LogP contribution in [0.25, 0.3) is 0 Å². The van der Waals surface area contributed by atoms with Crippen LogP contribution in [-0.4, -0.2) is 44.0 Å². The molecule has 1 aromatic carbocycles. The van der Waals surface area contributed by atoms with E-state index in [2.05, 4.69) is 10.6 Å². The van der Waals surface area contributed by atoms with Crippen molar-refractivity contribution in [3.63, 3.8) is 0 Å². The SMILES string of the molecule is CN(C)C(=O)NCCNC(=O)c1cc(F)c(NN)c(F)c1. The monoisotopic (exact) mass is 301 g/mol. The summed E-state index contributed by atoms with van der Waals surface area (Å²) in [4.78, 5) is 24.2. The summed E-state index contributed by atoms with van der Waals surface area (Å²) in [6, 6.07) is 1.43. The zero-order valence-corrected chi connectivity index (χ0v) is 11.7. The Morgan fingerprint density at radius 3 is 2.14 bits per heavy atom. The number of urea groups is 1. The Bertz CT molecular complexity index is 513. The molecule has 0 aromatic heterocycles. The predicted octanol–water partition coefficient (Wildman–Crippen LogP) is 0.251. The Morgan fingerprint density at radius 2 is 1.67 bits per heavy atom. The fourth-order valence-corrected chi connectivity index (χ4v) is 1.45. The molecule has 21 heavy (non-hydrogen) atoms. The zero-order valence-electron chi connectivity index (χ0n) is 11.7. The number of halogens is 2. The maximum Gasteiger partial charge on any atom is 0.316 e. The number of hydrogen-bond acceptors (Lipinski definition) is 4. The summed E-state index contributed by atoms with van der Waals surface area (Å²) >= 11 is 0. The van der Waals surface area contributed by atoms with Gasteiger partial charge in [-0.2, -0.15) is 0 Å². The van der Waals surface area contributed by atoms with Crippen LogP contribution >= 0.6 is 0 Å². The second-order valence-corrected chi connectivity index (χ2v) is 4.34. The average molecular weight is 301 g/mol. The number of carbonyl (C=O) groups is 2. The van der Waals surface area contributed by atoms with Gasteiger partial charge in [0, 0.05) is 32.7 Å². The van der Waals surface area contributed by atoms with Gasteiger partial charge in [-0.1, -0.05) is 0 Å². The highest BCUT2D eigenvalue weighted by Gasteiger charge is 2.14. The summed E-state index contributed by atoms with van der Waals surface area (Å²) in [6.07, 6.45) is 0. The third-order valence-electron chi connectivity index (χ3n) is 2.54. The van der Waals surface area contributed by atoms with E-state index in [0.29, 0.717) is 0 Å². The second-order valence-electron chi connectivity index (χ2n) is 4.34. The van der Waals surface area contributed by atoms with Crippen molar-refractivity contribution in [1.29, 1.82) is 0 Å². The molecule has 5 N–H and O–H groups in total. The van der Waals surface area contributed by atoms with Crippen LogP contribution in [-0.2, 0) is 0 Å². The number of nitrogen functional groups attached to an aromatic ring is 1. The minimum absolute atomic E-state index is 0.124. The fraction of sp³-hybridized carbons (Fsp3) is 0.333. The van der Waals surface area contributed by atoms with Gasteiger partial charge in [0.25, 0.3) is 5.91 Å². The number of hydrazine groups is 1. The standard InChI is InChI=1S/C12H17F2N5O2/c1-19(2)12(21)17-4-3-16-11(20)7-5-8(13)10(18-15)9(14)6-7/h5-6,18H,3-4,15H2,1-2H3,(H,16,20)(H,17,21). The molecular weight excluding hydrogens is 284 g/mol. The molecule has 0 atom stereocenters. The van der Waals surface area contributed by atoms with Gasteiger partial charge in [0.05, 0.1) is 0 Å². The minimum atomic E-state index is -0.969.